The maximum absolute atomic E-state index is 11.4. The van der Waals surface area contributed by atoms with E-state index in [0.29, 0.717) is 18.3 Å². The van der Waals surface area contributed by atoms with Crippen molar-refractivity contribution in [2.75, 3.05) is 32.4 Å². The molecule has 1 aliphatic carbocycles. The molecule has 22 heavy (non-hydrogen) atoms. The van der Waals surface area contributed by atoms with Crippen molar-refractivity contribution in [3.05, 3.63) is 11.7 Å². The molecule has 2 aliphatic rings. The topological polar surface area (TPSA) is 88.3 Å². The van der Waals surface area contributed by atoms with Crippen molar-refractivity contribution in [2.45, 2.75) is 43.9 Å². The molecular weight excluding hydrogens is 304 g/mol. The van der Waals surface area contributed by atoms with Gasteiger partial charge in [0.25, 0.3) is 0 Å². The molecule has 0 amide bonds. The smallest absolute Gasteiger partial charge is 0.229 e. The van der Waals surface area contributed by atoms with E-state index < -0.39 is 10.0 Å². The van der Waals surface area contributed by atoms with Gasteiger partial charge in [-0.2, -0.15) is 4.98 Å². The van der Waals surface area contributed by atoms with E-state index in [2.05, 4.69) is 19.8 Å². The van der Waals surface area contributed by atoms with Gasteiger partial charge in [-0.1, -0.05) is 5.16 Å². The zero-order chi connectivity index (χ0) is 15.6. The summed E-state index contributed by atoms with van der Waals surface area (Å²) in [5, 5.41) is 4.15. The van der Waals surface area contributed by atoms with Crippen LogP contribution in [0.3, 0.4) is 0 Å². The molecule has 1 aliphatic heterocycles. The Morgan fingerprint density at radius 3 is 2.86 bits per heavy atom. The zero-order valence-electron chi connectivity index (χ0n) is 13.0. The van der Waals surface area contributed by atoms with Crippen molar-refractivity contribution in [1.82, 2.24) is 19.8 Å². The Balaban J connectivity index is 1.50. The first kappa shape index (κ1) is 15.9. The molecule has 1 atom stereocenters. The fourth-order valence-electron chi connectivity index (χ4n) is 2.96. The largest absolute Gasteiger partial charge is 0.339 e. The Morgan fingerprint density at radius 1 is 1.32 bits per heavy atom. The lowest BCUT2D eigenvalue weighted by Crippen LogP contribution is -2.36. The summed E-state index contributed by atoms with van der Waals surface area (Å²) < 4.78 is 30.6. The van der Waals surface area contributed by atoms with Gasteiger partial charge in [-0.3, -0.25) is 0 Å². The molecule has 2 heterocycles. The molecule has 3 rings (SSSR count). The molecule has 0 spiro atoms. The summed E-state index contributed by atoms with van der Waals surface area (Å²) in [7, 11) is -1.64. The Morgan fingerprint density at radius 2 is 2.14 bits per heavy atom. The van der Waals surface area contributed by atoms with E-state index in [0.717, 1.165) is 44.2 Å². The first-order valence-electron chi connectivity index (χ1n) is 8.04. The normalized spacial score (nSPS) is 23.8. The van der Waals surface area contributed by atoms with E-state index in [9.17, 15) is 8.42 Å². The average Bonchev–Trinajstić information content (AvgIpc) is 3.25. The number of hydrogen-bond acceptors (Lipinski definition) is 6. The lowest BCUT2D eigenvalue weighted by atomic mass is 9.97. The van der Waals surface area contributed by atoms with Crippen molar-refractivity contribution in [2.24, 2.45) is 0 Å². The minimum absolute atomic E-state index is 0.179. The van der Waals surface area contributed by atoms with E-state index in [1.54, 1.807) is 0 Å². The third-order valence-electron chi connectivity index (χ3n) is 4.45. The second-order valence-electron chi connectivity index (χ2n) is 6.28. The van der Waals surface area contributed by atoms with E-state index in [4.69, 9.17) is 4.52 Å². The van der Waals surface area contributed by atoms with Gasteiger partial charge < -0.3 is 9.42 Å². The maximum atomic E-state index is 11.4. The SMILES string of the molecule is CNS(=O)(=O)CCCN1CCCC(c2noc(C3CC3)n2)C1. The predicted octanol–water partition coefficient (Wildman–Crippen LogP) is 1.07. The molecule has 1 saturated heterocycles. The molecule has 1 aromatic heterocycles. The van der Waals surface area contributed by atoms with Crippen LogP contribution in [0.25, 0.3) is 0 Å². The van der Waals surface area contributed by atoms with Crippen molar-refractivity contribution >= 4 is 10.0 Å². The van der Waals surface area contributed by atoms with Gasteiger partial charge in [-0.25, -0.2) is 13.1 Å². The predicted molar refractivity (Wildman–Crippen MR) is 82.2 cm³/mol. The van der Waals surface area contributed by atoms with E-state index in [-0.39, 0.29) is 5.75 Å². The Hall–Kier alpha value is -0.990. The minimum Gasteiger partial charge on any atom is -0.339 e. The van der Waals surface area contributed by atoms with Crippen LogP contribution in [-0.4, -0.2) is 55.9 Å². The highest BCUT2D eigenvalue weighted by Gasteiger charge is 2.32. The van der Waals surface area contributed by atoms with Crippen molar-refractivity contribution in [1.29, 1.82) is 0 Å². The molecule has 1 saturated carbocycles. The number of likely N-dealkylation sites (tertiary alicyclic amines) is 1. The molecule has 7 nitrogen and oxygen atoms in total. The lowest BCUT2D eigenvalue weighted by Gasteiger charge is -2.31. The van der Waals surface area contributed by atoms with Crippen LogP contribution in [0.2, 0.25) is 0 Å². The molecule has 1 unspecified atom stereocenters. The number of piperidine rings is 1. The van der Waals surface area contributed by atoms with Crippen LogP contribution in [0.4, 0.5) is 0 Å². The van der Waals surface area contributed by atoms with E-state index in [1.165, 1.54) is 19.9 Å². The minimum atomic E-state index is -3.10. The monoisotopic (exact) mass is 328 g/mol. The van der Waals surface area contributed by atoms with Gasteiger partial charge in [0.2, 0.25) is 15.9 Å². The quantitative estimate of drug-likeness (QED) is 0.805. The van der Waals surface area contributed by atoms with Crippen molar-refractivity contribution in [3.8, 4) is 0 Å². The van der Waals surface area contributed by atoms with Crippen LogP contribution < -0.4 is 4.72 Å². The van der Waals surface area contributed by atoms with Gasteiger partial charge in [0, 0.05) is 18.4 Å². The molecule has 0 aromatic carbocycles. The molecule has 0 bridgehead atoms. The van der Waals surface area contributed by atoms with Crippen LogP contribution in [0.5, 0.6) is 0 Å². The third kappa shape index (κ3) is 4.05. The Kier molecular flexibility index (Phi) is 4.79. The number of nitrogens with zero attached hydrogens (tertiary/aromatic N) is 3. The first-order valence-corrected chi connectivity index (χ1v) is 9.69. The van der Waals surface area contributed by atoms with Crippen LogP contribution in [0, 0.1) is 0 Å². The van der Waals surface area contributed by atoms with Gasteiger partial charge >= 0.3 is 0 Å². The van der Waals surface area contributed by atoms with E-state index in [1.807, 2.05) is 0 Å². The molecular formula is C14H24N4O3S. The third-order valence-corrected chi connectivity index (χ3v) is 5.90. The molecule has 124 valence electrons. The Bertz CT molecular complexity index is 597. The van der Waals surface area contributed by atoms with Gasteiger partial charge in [-0.15, -0.1) is 0 Å². The number of rotatable bonds is 7. The highest BCUT2D eigenvalue weighted by Crippen LogP contribution is 2.39. The molecule has 2 fully saturated rings. The summed E-state index contributed by atoms with van der Waals surface area (Å²) in [6.07, 6.45) is 5.15. The molecule has 8 heteroatoms. The van der Waals surface area contributed by atoms with Crippen LogP contribution >= 0.6 is 0 Å². The number of nitrogens with one attached hydrogen (secondary N) is 1. The van der Waals surface area contributed by atoms with E-state index >= 15 is 0 Å². The fourth-order valence-corrected chi connectivity index (χ4v) is 3.67. The van der Waals surface area contributed by atoms with Gasteiger partial charge in [-0.05, 0) is 52.2 Å². The van der Waals surface area contributed by atoms with Crippen LogP contribution in [0.1, 0.15) is 55.7 Å². The second kappa shape index (κ2) is 6.64. The second-order valence-corrected chi connectivity index (χ2v) is 8.33. The molecule has 1 aromatic rings. The summed E-state index contributed by atoms with van der Waals surface area (Å²) in [6, 6.07) is 0. The molecule has 0 radical (unpaired) electrons. The standard InChI is InChI=1S/C14H24N4O3S/c1-15-22(19,20)9-3-8-18-7-2-4-12(10-18)13-16-14(21-17-13)11-5-6-11/h11-12,15H,2-10H2,1H3. The summed E-state index contributed by atoms with van der Waals surface area (Å²) in [6.45, 7) is 2.71. The summed E-state index contributed by atoms with van der Waals surface area (Å²) in [5.41, 5.74) is 0. The zero-order valence-corrected chi connectivity index (χ0v) is 13.8. The fraction of sp³-hybridized carbons (Fsp3) is 0.857. The summed E-state index contributed by atoms with van der Waals surface area (Å²) >= 11 is 0. The summed E-state index contributed by atoms with van der Waals surface area (Å²) in [4.78, 5) is 6.86. The number of aromatic nitrogens is 2. The highest BCUT2D eigenvalue weighted by atomic mass is 32.2. The highest BCUT2D eigenvalue weighted by molar-refractivity contribution is 7.89. The molecule has 1 N–H and O–H groups in total. The van der Waals surface area contributed by atoms with Crippen LogP contribution in [-0.2, 0) is 10.0 Å². The first-order chi connectivity index (χ1) is 10.6. The van der Waals surface area contributed by atoms with Gasteiger partial charge in [0.05, 0.1) is 5.75 Å². The van der Waals surface area contributed by atoms with Crippen molar-refractivity contribution in [3.63, 3.8) is 0 Å². The number of sulfonamides is 1. The van der Waals surface area contributed by atoms with Crippen LogP contribution in [0.15, 0.2) is 4.52 Å². The lowest BCUT2D eigenvalue weighted by molar-refractivity contribution is 0.203. The van der Waals surface area contributed by atoms with Gasteiger partial charge in [0.1, 0.15) is 0 Å². The maximum Gasteiger partial charge on any atom is 0.229 e. The van der Waals surface area contributed by atoms with Gasteiger partial charge in [0.15, 0.2) is 5.82 Å². The Labute approximate surface area is 131 Å². The number of hydrogen-bond donors (Lipinski definition) is 1. The van der Waals surface area contributed by atoms with Crippen molar-refractivity contribution < 1.29 is 12.9 Å². The average molecular weight is 328 g/mol. The summed E-state index contributed by atoms with van der Waals surface area (Å²) in [5.74, 6) is 2.61.